The summed E-state index contributed by atoms with van der Waals surface area (Å²) in [6, 6.07) is 30.1. The van der Waals surface area contributed by atoms with Gasteiger partial charge >= 0.3 is 0 Å². The monoisotopic (exact) mass is 716 g/mol. The van der Waals surface area contributed by atoms with Gasteiger partial charge in [-0.25, -0.2) is 15.0 Å². The summed E-state index contributed by atoms with van der Waals surface area (Å²) < 4.78 is 0. The van der Waals surface area contributed by atoms with E-state index in [-0.39, 0.29) is 5.92 Å². The number of benzene rings is 4. The minimum absolute atomic E-state index is 0.0472. The van der Waals surface area contributed by atoms with Gasteiger partial charge in [-0.1, -0.05) is 109 Å². The Hall–Kier alpha value is -5.92. The maximum Gasteiger partial charge on any atom is 0.163 e. The summed E-state index contributed by atoms with van der Waals surface area (Å²) in [7, 11) is 0. The summed E-state index contributed by atoms with van der Waals surface area (Å²) in [5, 5.41) is 12.7. The molecule has 5 aliphatic rings. The van der Waals surface area contributed by atoms with Gasteiger partial charge in [0.05, 0.1) is 11.4 Å². The van der Waals surface area contributed by atoms with Gasteiger partial charge in [-0.3, -0.25) is 0 Å². The molecule has 260 valence electrons. The van der Waals surface area contributed by atoms with E-state index in [0.717, 1.165) is 89.3 Å². The largest absolute Gasteiger partial charge is 0.213 e. The van der Waals surface area contributed by atoms with E-state index in [1.807, 2.05) is 30.0 Å². The third-order valence-corrected chi connectivity index (χ3v) is 12.6. The van der Waals surface area contributed by atoms with Crippen LogP contribution in [0.5, 0.6) is 0 Å². The summed E-state index contributed by atoms with van der Waals surface area (Å²) in [6.45, 7) is 0. The molecule has 7 heteroatoms. The first-order valence-corrected chi connectivity index (χ1v) is 19.9. The number of nitrogens with zero attached hydrogens (tertiary/aromatic N) is 6. The van der Waals surface area contributed by atoms with Crippen molar-refractivity contribution in [3.05, 3.63) is 173 Å². The minimum atomic E-state index is 0.0472. The minimum Gasteiger partial charge on any atom is -0.213 e. The van der Waals surface area contributed by atoms with E-state index in [2.05, 4.69) is 115 Å². The van der Waals surface area contributed by atoms with Crippen molar-refractivity contribution in [2.24, 2.45) is 0 Å². The fraction of sp³-hybridized carbons (Fsp3) is 0.170. The Labute approximate surface area is 318 Å². The highest BCUT2D eigenvalue weighted by Gasteiger charge is 2.32. The average molecular weight is 717 g/mol. The molecule has 11 rings (SSSR count). The zero-order chi connectivity index (χ0) is 35.6. The van der Waals surface area contributed by atoms with Crippen LogP contribution in [0.2, 0.25) is 0 Å². The van der Waals surface area contributed by atoms with Gasteiger partial charge < -0.3 is 0 Å². The Morgan fingerprint density at radius 2 is 1.61 bits per heavy atom. The molecule has 6 nitrogen and oxygen atoms in total. The van der Waals surface area contributed by atoms with Crippen LogP contribution in [0.15, 0.2) is 150 Å². The van der Waals surface area contributed by atoms with E-state index in [9.17, 15) is 0 Å². The predicted octanol–water partition coefficient (Wildman–Crippen LogP) is 10.6. The maximum absolute atomic E-state index is 5.29. The van der Waals surface area contributed by atoms with E-state index in [4.69, 9.17) is 25.1 Å². The standard InChI is InChI=1S/C47H36N6S/c1-3-10-29(11-4-1)32-12-9-13-33(26-32)45-48-46(50-47(49-45)35-22-24-38-37-16-7-8-17-41(37)54-42(38)28-35)34-21-19-30-18-20-31-23-25-40-44(43(31)39(30)27-34)52-53(51-40)36-14-5-2-6-15-36/h2-3,5-12,14-22,24,26-27,33,42H,1,4,13,23,25,28H2. The van der Waals surface area contributed by atoms with Gasteiger partial charge in [0, 0.05) is 27.2 Å². The van der Waals surface area contributed by atoms with Crippen molar-refractivity contribution in [1.29, 1.82) is 0 Å². The quantitative estimate of drug-likeness (QED) is 0.177. The van der Waals surface area contributed by atoms with Crippen LogP contribution in [0.25, 0.3) is 50.3 Å². The second kappa shape index (κ2) is 12.9. The van der Waals surface area contributed by atoms with Crippen LogP contribution in [0.3, 0.4) is 0 Å². The fourth-order valence-electron chi connectivity index (χ4n) is 8.50. The van der Waals surface area contributed by atoms with Crippen molar-refractivity contribution in [2.75, 3.05) is 0 Å². The van der Waals surface area contributed by atoms with E-state index in [0.29, 0.717) is 11.1 Å². The zero-order valence-electron chi connectivity index (χ0n) is 29.7. The van der Waals surface area contributed by atoms with Crippen molar-refractivity contribution in [1.82, 2.24) is 29.9 Å². The predicted molar refractivity (Wildman–Crippen MR) is 218 cm³/mol. The number of aryl methyl sites for hydroxylation is 2. The van der Waals surface area contributed by atoms with Crippen molar-refractivity contribution in [2.45, 2.75) is 54.6 Å². The van der Waals surface area contributed by atoms with Gasteiger partial charge in [-0.15, -0.1) is 16.9 Å². The Morgan fingerprint density at radius 1 is 0.741 bits per heavy atom. The van der Waals surface area contributed by atoms with Crippen LogP contribution < -0.4 is 0 Å². The fourth-order valence-corrected chi connectivity index (χ4v) is 9.88. The molecule has 4 aliphatic carbocycles. The summed E-state index contributed by atoms with van der Waals surface area (Å²) in [4.78, 5) is 19.0. The molecule has 0 spiro atoms. The molecule has 0 N–H and O–H groups in total. The van der Waals surface area contributed by atoms with Gasteiger partial charge in [0.15, 0.2) is 11.6 Å². The van der Waals surface area contributed by atoms with Crippen LogP contribution in [-0.4, -0.2) is 35.2 Å². The van der Waals surface area contributed by atoms with Crippen LogP contribution in [0.4, 0.5) is 0 Å². The van der Waals surface area contributed by atoms with E-state index < -0.39 is 0 Å². The van der Waals surface area contributed by atoms with Gasteiger partial charge in [0.25, 0.3) is 0 Å². The molecule has 54 heavy (non-hydrogen) atoms. The molecule has 2 atom stereocenters. The number of fused-ring (bicyclic) bond motifs is 8. The average Bonchev–Trinajstić information content (AvgIpc) is 3.86. The lowest BCUT2D eigenvalue weighted by Crippen LogP contribution is -2.13. The van der Waals surface area contributed by atoms with Crippen LogP contribution in [-0.2, 0) is 12.8 Å². The molecule has 0 saturated heterocycles. The van der Waals surface area contributed by atoms with E-state index in [1.165, 1.54) is 38.1 Å². The third kappa shape index (κ3) is 5.45. The van der Waals surface area contributed by atoms with Crippen molar-refractivity contribution < 1.29 is 0 Å². The van der Waals surface area contributed by atoms with Gasteiger partial charge in [-0.2, -0.15) is 9.90 Å². The number of rotatable bonds is 5. The Kier molecular flexibility index (Phi) is 7.54. The Morgan fingerprint density at radius 3 is 2.54 bits per heavy atom. The lowest BCUT2D eigenvalue weighted by atomic mass is 9.87. The number of aromatic nitrogens is 6. The number of thioether (sulfide) groups is 1. The zero-order valence-corrected chi connectivity index (χ0v) is 30.5. The molecule has 4 aromatic carbocycles. The molecule has 0 saturated carbocycles. The topological polar surface area (TPSA) is 69.4 Å². The van der Waals surface area contributed by atoms with Gasteiger partial charge in [-0.05, 0) is 107 Å². The molecule has 6 aromatic rings. The maximum atomic E-state index is 5.29. The summed E-state index contributed by atoms with van der Waals surface area (Å²) in [6.07, 6.45) is 24.0. The van der Waals surface area contributed by atoms with Crippen LogP contribution in [0.1, 0.15) is 60.1 Å². The smallest absolute Gasteiger partial charge is 0.163 e. The first-order chi connectivity index (χ1) is 26.7. The van der Waals surface area contributed by atoms with E-state index in [1.54, 1.807) is 4.80 Å². The first kappa shape index (κ1) is 31.6. The Balaban J connectivity index is 1.04. The number of para-hydroxylation sites is 1. The van der Waals surface area contributed by atoms with Crippen molar-refractivity contribution in [3.63, 3.8) is 0 Å². The number of hydrogen-bond donors (Lipinski definition) is 0. The summed E-state index contributed by atoms with van der Waals surface area (Å²) in [5.41, 5.74) is 12.8. The van der Waals surface area contributed by atoms with Gasteiger partial charge in [0.2, 0.25) is 0 Å². The van der Waals surface area contributed by atoms with Gasteiger partial charge in [0.1, 0.15) is 11.5 Å². The summed E-state index contributed by atoms with van der Waals surface area (Å²) in [5.74, 6) is 2.34. The SMILES string of the molecule is C1=CC(C2=CC(c3nc(C4=CC=C5c6ccccc6SC5C4)nc(-c4ccc5ccc6c(c5c4)-c4nn(-c5ccccc5)nc4CC6)n3)CC=C2)=CCC1. The lowest BCUT2D eigenvalue weighted by molar-refractivity contribution is 0.737. The Bertz CT molecular complexity index is 2710. The number of allylic oxidation sites excluding steroid dienone is 11. The molecule has 0 amide bonds. The highest BCUT2D eigenvalue weighted by molar-refractivity contribution is 8.00. The van der Waals surface area contributed by atoms with E-state index >= 15 is 0 Å². The lowest BCUT2D eigenvalue weighted by Gasteiger charge is -2.21. The normalized spacial score (nSPS) is 19.6. The first-order valence-electron chi connectivity index (χ1n) is 19.0. The second-order valence-corrected chi connectivity index (χ2v) is 15.9. The molecule has 3 heterocycles. The molecule has 2 unspecified atom stereocenters. The molecular weight excluding hydrogens is 681 g/mol. The highest BCUT2D eigenvalue weighted by atomic mass is 32.2. The van der Waals surface area contributed by atoms with Crippen molar-refractivity contribution >= 4 is 33.7 Å². The molecular formula is C47H36N6S. The molecule has 0 bridgehead atoms. The summed E-state index contributed by atoms with van der Waals surface area (Å²) >= 11 is 1.95. The van der Waals surface area contributed by atoms with Crippen LogP contribution >= 0.6 is 11.8 Å². The highest BCUT2D eigenvalue weighted by Crippen LogP contribution is 2.50. The molecule has 2 aromatic heterocycles. The second-order valence-electron chi connectivity index (χ2n) is 14.6. The van der Waals surface area contributed by atoms with Crippen molar-refractivity contribution in [3.8, 4) is 28.3 Å². The third-order valence-electron chi connectivity index (χ3n) is 11.3. The molecule has 0 fully saturated rings. The molecule has 0 radical (unpaired) electrons. The number of hydrogen-bond acceptors (Lipinski definition) is 6. The molecule has 1 aliphatic heterocycles. The van der Waals surface area contributed by atoms with Crippen LogP contribution in [0, 0.1) is 0 Å².